The first kappa shape index (κ1) is 47.5. The molecule has 0 aliphatic carbocycles. The van der Waals surface area contributed by atoms with Gasteiger partial charge in [-0.3, -0.25) is 0 Å². The van der Waals surface area contributed by atoms with Gasteiger partial charge in [-0.05, 0) is 133 Å². The van der Waals surface area contributed by atoms with Crippen molar-refractivity contribution in [3.8, 4) is 56.0 Å². The molecule has 0 bridgehead atoms. The van der Waals surface area contributed by atoms with E-state index in [4.69, 9.17) is 9.47 Å². The molecule has 0 fully saturated rings. The first-order chi connectivity index (χ1) is 30.7. The summed E-state index contributed by atoms with van der Waals surface area (Å²) in [7, 11) is 0. The second-order valence-corrected chi connectivity index (χ2v) is 15.9. The summed E-state index contributed by atoms with van der Waals surface area (Å²) in [6.45, 7) is 6.52. The number of unbranched alkanes of at least 4 members (excludes halogenated alkanes) is 6. The molecule has 1 atom stereocenters. The number of alkyl halides is 3. The summed E-state index contributed by atoms with van der Waals surface area (Å²) in [4.78, 5) is 0. The topological polar surface area (TPSA) is 18.5 Å². The number of benzene rings is 6. The SMILES string of the molecule is C=CC(CCCCCCOc1ccc(-c2ccc(-c3cc(F)c(C)c(F)c3)c(F)c2)cc1)CCCCCCOc1ccc(-c2ccc(-c3cc(F)c(C(F)(F)F)c(F)c3)c(F)c2)cc1. The molecule has 0 saturated heterocycles. The van der Waals surface area contributed by atoms with Crippen molar-refractivity contribution in [1.82, 2.24) is 0 Å². The first-order valence-electron chi connectivity index (χ1n) is 21.4. The third-order valence-electron chi connectivity index (χ3n) is 11.4. The van der Waals surface area contributed by atoms with E-state index in [-0.39, 0.29) is 27.8 Å². The second kappa shape index (κ2) is 22.1. The highest BCUT2D eigenvalue weighted by Crippen LogP contribution is 2.37. The zero-order chi connectivity index (χ0) is 45.8. The maximum atomic E-state index is 15.0. The van der Waals surface area contributed by atoms with E-state index in [2.05, 4.69) is 12.7 Å². The summed E-state index contributed by atoms with van der Waals surface area (Å²) in [6, 6.07) is 26.3. The molecule has 0 N–H and O–H groups in total. The van der Waals surface area contributed by atoms with Gasteiger partial charge in [0.1, 0.15) is 52.0 Å². The third kappa shape index (κ3) is 12.6. The van der Waals surface area contributed by atoms with E-state index in [0.717, 1.165) is 93.7 Å². The van der Waals surface area contributed by atoms with Gasteiger partial charge in [0.2, 0.25) is 0 Å². The van der Waals surface area contributed by atoms with Crippen LogP contribution in [0.1, 0.15) is 75.3 Å². The predicted molar refractivity (Wildman–Crippen MR) is 235 cm³/mol. The van der Waals surface area contributed by atoms with Crippen LogP contribution in [0.5, 0.6) is 11.5 Å². The quantitative estimate of drug-likeness (QED) is 0.0407. The number of allylic oxidation sites excluding steroid dienone is 1. The van der Waals surface area contributed by atoms with Gasteiger partial charge in [0, 0.05) is 16.7 Å². The fraction of sp³-hybridized carbons (Fsp3) is 0.283. The van der Waals surface area contributed by atoms with Gasteiger partial charge in [0.05, 0.1) is 13.2 Å². The summed E-state index contributed by atoms with van der Waals surface area (Å²) >= 11 is 0. The van der Waals surface area contributed by atoms with E-state index in [1.165, 1.54) is 31.2 Å². The number of halogens is 9. The Balaban J connectivity index is 0.815. The van der Waals surface area contributed by atoms with Crippen LogP contribution in [0.25, 0.3) is 44.5 Å². The molecule has 0 aliphatic heterocycles. The van der Waals surface area contributed by atoms with Crippen LogP contribution in [-0.2, 0) is 6.18 Å². The lowest BCUT2D eigenvalue weighted by Gasteiger charge is -2.13. The molecule has 0 spiro atoms. The van der Waals surface area contributed by atoms with Crippen molar-refractivity contribution in [2.75, 3.05) is 13.2 Å². The molecule has 64 heavy (non-hydrogen) atoms. The van der Waals surface area contributed by atoms with Crippen LogP contribution >= 0.6 is 0 Å². The smallest absolute Gasteiger partial charge is 0.422 e. The molecular formula is C53H49F9O2. The third-order valence-corrected chi connectivity index (χ3v) is 11.4. The van der Waals surface area contributed by atoms with Gasteiger partial charge in [0.25, 0.3) is 0 Å². The van der Waals surface area contributed by atoms with Crippen molar-refractivity contribution in [2.24, 2.45) is 5.92 Å². The molecule has 0 heterocycles. The van der Waals surface area contributed by atoms with Crippen molar-refractivity contribution >= 4 is 0 Å². The van der Waals surface area contributed by atoms with Crippen molar-refractivity contribution in [2.45, 2.75) is 77.3 Å². The normalized spacial score (nSPS) is 12.0. The monoisotopic (exact) mass is 888 g/mol. The minimum Gasteiger partial charge on any atom is -0.494 e. The van der Waals surface area contributed by atoms with Gasteiger partial charge in [-0.2, -0.15) is 13.2 Å². The van der Waals surface area contributed by atoms with Crippen LogP contribution in [0.2, 0.25) is 0 Å². The molecular weight excluding hydrogens is 840 g/mol. The van der Waals surface area contributed by atoms with Crippen LogP contribution in [-0.4, -0.2) is 13.2 Å². The van der Waals surface area contributed by atoms with Crippen LogP contribution < -0.4 is 9.47 Å². The predicted octanol–water partition coefficient (Wildman–Crippen LogP) is 16.7. The lowest BCUT2D eigenvalue weighted by molar-refractivity contribution is -0.142. The van der Waals surface area contributed by atoms with E-state index in [1.807, 2.05) is 24.3 Å². The minimum atomic E-state index is -5.21. The standard InChI is InChI=1S/C53H49F9O2/c1-3-35(12-8-4-6-10-26-63-42-20-14-36(15-21-42)38-18-24-44(48(56)28-38)40-30-46(54)34(2)47(55)31-40)13-9-5-7-11-27-64-43-22-16-37(17-23-43)39-19-25-45(49(57)29-39)41-32-50(58)52(51(59)33-41)53(60,61)62/h3,14-25,28-33,35H,1,4-13,26-27H2,2H3. The van der Waals surface area contributed by atoms with E-state index in [9.17, 15) is 39.5 Å². The lowest BCUT2D eigenvalue weighted by Crippen LogP contribution is -2.11. The van der Waals surface area contributed by atoms with E-state index < -0.39 is 46.6 Å². The zero-order valence-electron chi connectivity index (χ0n) is 35.5. The zero-order valence-corrected chi connectivity index (χ0v) is 35.5. The Hall–Kier alpha value is -5.97. The Morgan fingerprint density at radius 3 is 1.19 bits per heavy atom. The Morgan fingerprint density at radius 1 is 0.453 bits per heavy atom. The van der Waals surface area contributed by atoms with Crippen LogP contribution in [0, 0.1) is 47.7 Å². The van der Waals surface area contributed by atoms with Crippen molar-refractivity contribution in [3.63, 3.8) is 0 Å². The molecule has 1 unspecified atom stereocenters. The molecule has 0 radical (unpaired) electrons. The van der Waals surface area contributed by atoms with Gasteiger partial charge in [-0.15, -0.1) is 6.58 Å². The molecule has 0 saturated carbocycles. The molecule has 6 aromatic rings. The molecule has 11 heteroatoms. The summed E-state index contributed by atoms with van der Waals surface area (Å²) in [6.07, 6.45) is 7.34. The number of ether oxygens (including phenoxy) is 2. The molecule has 0 aromatic heterocycles. The highest BCUT2D eigenvalue weighted by molar-refractivity contribution is 5.73. The fourth-order valence-corrected chi connectivity index (χ4v) is 7.63. The van der Waals surface area contributed by atoms with Gasteiger partial charge in [0.15, 0.2) is 0 Å². The average molecular weight is 889 g/mol. The van der Waals surface area contributed by atoms with Gasteiger partial charge >= 0.3 is 6.18 Å². The Labute approximate surface area is 368 Å². The van der Waals surface area contributed by atoms with E-state index in [0.29, 0.717) is 53.7 Å². The molecule has 336 valence electrons. The molecule has 6 rings (SSSR count). The summed E-state index contributed by atoms with van der Waals surface area (Å²) in [5, 5.41) is 0. The Kier molecular flexibility index (Phi) is 16.4. The van der Waals surface area contributed by atoms with Crippen LogP contribution in [0.15, 0.2) is 122 Å². The maximum Gasteiger partial charge on any atom is 0.422 e. The minimum absolute atomic E-state index is 0.100. The summed E-state index contributed by atoms with van der Waals surface area (Å²) in [5.41, 5.74) is 0.181. The fourth-order valence-electron chi connectivity index (χ4n) is 7.63. The molecule has 2 nitrogen and oxygen atoms in total. The van der Waals surface area contributed by atoms with Gasteiger partial charge < -0.3 is 9.47 Å². The maximum absolute atomic E-state index is 15.0. The van der Waals surface area contributed by atoms with Crippen molar-refractivity contribution in [3.05, 3.63) is 168 Å². The van der Waals surface area contributed by atoms with E-state index in [1.54, 1.807) is 30.3 Å². The highest BCUT2D eigenvalue weighted by Gasteiger charge is 2.38. The largest absolute Gasteiger partial charge is 0.494 e. The summed E-state index contributed by atoms with van der Waals surface area (Å²) in [5.74, 6) is -4.60. The van der Waals surface area contributed by atoms with Crippen molar-refractivity contribution < 1.29 is 49.0 Å². The molecule has 0 aliphatic rings. The van der Waals surface area contributed by atoms with Crippen molar-refractivity contribution in [1.29, 1.82) is 0 Å². The van der Waals surface area contributed by atoms with Crippen LogP contribution in [0.4, 0.5) is 39.5 Å². The summed E-state index contributed by atoms with van der Waals surface area (Å²) < 4.78 is 137. The second-order valence-electron chi connectivity index (χ2n) is 15.9. The highest BCUT2D eigenvalue weighted by atomic mass is 19.4. The average Bonchev–Trinajstić information content (AvgIpc) is 3.26. The Bertz CT molecular complexity index is 2450. The Morgan fingerprint density at radius 2 is 0.812 bits per heavy atom. The van der Waals surface area contributed by atoms with Crippen LogP contribution in [0.3, 0.4) is 0 Å². The number of hydrogen-bond acceptors (Lipinski definition) is 2. The lowest BCUT2D eigenvalue weighted by atomic mass is 9.94. The van der Waals surface area contributed by atoms with Gasteiger partial charge in [-0.25, -0.2) is 26.3 Å². The van der Waals surface area contributed by atoms with E-state index >= 15 is 0 Å². The number of rotatable bonds is 21. The molecule has 0 amide bonds. The first-order valence-corrected chi connectivity index (χ1v) is 21.4. The molecule has 6 aromatic carbocycles. The van der Waals surface area contributed by atoms with Gasteiger partial charge in [-0.1, -0.05) is 93.1 Å². The number of hydrogen-bond donors (Lipinski definition) is 0.